The van der Waals surface area contributed by atoms with E-state index in [1.165, 1.54) is 17.7 Å². The number of aromatic nitrogens is 3. The van der Waals surface area contributed by atoms with E-state index in [0.717, 1.165) is 30.1 Å². The van der Waals surface area contributed by atoms with Crippen molar-refractivity contribution in [2.24, 2.45) is 0 Å². The Balaban J connectivity index is 1.66. The molecule has 1 fully saturated rings. The molecule has 0 radical (unpaired) electrons. The summed E-state index contributed by atoms with van der Waals surface area (Å²) >= 11 is 1.71. The van der Waals surface area contributed by atoms with Crippen LogP contribution in [0.25, 0.3) is 16.1 Å². The van der Waals surface area contributed by atoms with Gasteiger partial charge in [-0.1, -0.05) is 6.07 Å². The summed E-state index contributed by atoms with van der Waals surface area (Å²) < 4.78 is 1.83. The Labute approximate surface area is 127 Å². The Morgan fingerprint density at radius 3 is 3.19 bits per heavy atom. The van der Waals surface area contributed by atoms with E-state index < -0.39 is 0 Å². The Bertz CT molecular complexity index is 728. The average molecular weight is 299 g/mol. The van der Waals surface area contributed by atoms with Crippen molar-refractivity contribution in [3.05, 3.63) is 36.0 Å². The Morgan fingerprint density at radius 1 is 1.38 bits per heavy atom. The summed E-state index contributed by atoms with van der Waals surface area (Å²) in [6.45, 7) is 2.12. The minimum atomic E-state index is 0.460. The van der Waals surface area contributed by atoms with Crippen molar-refractivity contribution in [1.82, 2.24) is 19.9 Å². The van der Waals surface area contributed by atoms with Crippen LogP contribution < -0.4 is 10.6 Å². The highest BCUT2D eigenvalue weighted by Crippen LogP contribution is 2.28. The number of thiophene rings is 1. The van der Waals surface area contributed by atoms with Crippen LogP contribution in [0, 0.1) is 0 Å². The van der Waals surface area contributed by atoms with Crippen LogP contribution in [0.2, 0.25) is 0 Å². The summed E-state index contributed by atoms with van der Waals surface area (Å²) in [7, 11) is 0. The first-order valence-electron chi connectivity index (χ1n) is 7.26. The first-order valence-corrected chi connectivity index (χ1v) is 8.14. The Hall–Kier alpha value is -1.92. The molecule has 1 aliphatic rings. The zero-order valence-electron chi connectivity index (χ0n) is 11.6. The number of piperidine rings is 1. The van der Waals surface area contributed by atoms with Crippen molar-refractivity contribution in [3.8, 4) is 10.4 Å². The molecule has 0 bridgehead atoms. The van der Waals surface area contributed by atoms with Gasteiger partial charge < -0.3 is 10.6 Å². The maximum atomic E-state index is 4.75. The molecule has 1 atom stereocenters. The topological polar surface area (TPSA) is 54.2 Å². The molecule has 0 aliphatic carbocycles. The maximum Gasteiger partial charge on any atom is 0.165 e. The van der Waals surface area contributed by atoms with Crippen LogP contribution in [0.15, 0.2) is 36.0 Å². The Morgan fingerprint density at radius 2 is 2.38 bits per heavy atom. The second-order valence-electron chi connectivity index (χ2n) is 5.30. The minimum absolute atomic E-state index is 0.460. The molecule has 0 amide bonds. The fraction of sp³-hybridized carbons (Fsp3) is 0.333. The summed E-state index contributed by atoms with van der Waals surface area (Å²) in [6, 6.07) is 6.61. The predicted octanol–water partition coefficient (Wildman–Crippen LogP) is 2.62. The lowest BCUT2D eigenvalue weighted by Crippen LogP contribution is -2.38. The number of fused-ring (bicyclic) bond motifs is 1. The third-order valence-electron chi connectivity index (χ3n) is 3.80. The number of anilines is 1. The first kappa shape index (κ1) is 12.8. The van der Waals surface area contributed by atoms with Gasteiger partial charge in [0.15, 0.2) is 5.65 Å². The highest BCUT2D eigenvalue weighted by Gasteiger charge is 2.14. The summed E-state index contributed by atoms with van der Waals surface area (Å²) in [5, 5.41) is 13.4. The quantitative estimate of drug-likeness (QED) is 0.780. The van der Waals surface area contributed by atoms with Gasteiger partial charge in [-0.25, -0.2) is 9.50 Å². The van der Waals surface area contributed by atoms with E-state index in [1.807, 2.05) is 23.0 Å². The van der Waals surface area contributed by atoms with Gasteiger partial charge in [-0.15, -0.1) is 11.3 Å². The molecule has 1 saturated heterocycles. The normalized spacial score (nSPS) is 19.0. The van der Waals surface area contributed by atoms with Crippen molar-refractivity contribution < 1.29 is 0 Å². The first-order chi connectivity index (χ1) is 10.4. The molecular weight excluding hydrogens is 282 g/mol. The van der Waals surface area contributed by atoms with Crippen LogP contribution in [0.4, 0.5) is 5.82 Å². The van der Waals surface area contributed by atoms with Gasteiger partial charge in [0.2, 0.25) is 0 Å². The molecule has 5 nitrogen and oxygen atoms in total. The second-order valence-corrected chi connectivity index (χ2v) is 6.25. The summed E-state index contributed by atoms with van der Waals surface area (Å²) in [5.74, 6) is 0.925. The van der Waals surface area contributed by atoms with Gasteiger partial charge in [-0.2, -0.15) is 5.10 Å². The molecule has 4 rings (SSSR count). The van der Waals surface area contributed by atoms with E-state index >= 15 is 0 Å². The van der Waals surface area contributed by atoms with Crippen LogP contribution in [0.5, 0.6) is 0 Å². The van der Waals surface area contributed by atoms with Gasteiger partial charge in [-0.05, 0) is 36.9 Å². The number of hydrogen-bond acceptors (Lipinski definition) is 5. The van der Waals surface area contributed by atoms with Gasteiger partial charge in [0.05, 0.1) is 11.8 Å². The zero-order chi connectivity index (χ0) is 14.1. The predicted molar refractivity (Wildman–Crippen MR) is 85.8 cm³/mol. The molecule has 1 unspecified atom stereocenters. The van der Waals surface area contributed by atoms with E-state index in [1.54, 1.807) is 11.3 Å². The Kier molecular flexibility index (Phi) is 3.33. The fourth-order valence-corrected chi connectivity index (χ4v) is 3.47. The minimum Gasteiger partial charge on any atom is -0.366 e. The third kappa shape index (κ3) is 2.52. The number of nitrogens with zero attached hydrogens (tertiary/aromatic N) is 3. The lowest BCUT2D eigenvalue weighted by atomic mass is 10.1. The average Bonchev–Trinajstić information content (AvgIpc) is 3.16. The molecule has 4 heterocycles. The van der Waals surface area contributed by atoms with E-state index in [2.05, 4.69) is 33.2 Å². The van der Waals surface area contributed by atoms with E-state index in [0.29, 0.717) is 6.04 Å². The van der Waals surface area contributed by atoms with Crippen molar-refractivity contribution in [3.63, 3.8) is 0 Å². The van der Waals surface area contributed by atoms with Gasteiger partial charge in [0.1, 0.15) is 5.82 Å². The molecule has 3 aromatic heterocycles. The van der Waals surface area contributed by atoms with Gasteiger partial charge >= 0.3 is 0 Å². The lowest BCUT2D eigenvalue weighted by molar-refractivity contribution is 0.479. The molecule has 2 N–H and O–H groups in total. The standard InChI is InChI=1S/C15H17N5S/c1-3-11(9-16-6-1)18-14-5-7-20-15(19-14)12(10-17-20)13-4-2-8-21-13/h2,4-5,7-8,10-11,16H,1,3,6,9H2,(H,18,19). The summed E-state index contributed by atoms with van der Waals surface area (Å²) in [4.78, 5) is 5.96. The van der Waals surface area contributed by atoms with Crippen LogP contribution in [-0.4, -0.2) is 33.7 Å². The van der Waals surface area contributed by atoms with Gasteiger partial charge in [0, 0.05) is 23.7 Å². The van der Waals surface area contributed by atoms with E-state index in [4.69, 9.17) is 4.98 Å². The summed E-state index contributed by atoms with van der Waals surface area (Å²) in [6.07, 6.45) is 6.27. The monoisotopic (exact) mass is 299 g/mol. The van der Waals surface area contributed by atoms with Crippen LogP contribution in [0.3, 0.4) is 0 Å². The largest absolute Gasteiger partial charge is 0.366 e. The van der Waals surface area contributed by atoms with Crippen LogP contribution in [0.1, 0.15) is 12.8 Å². The molecule has 0 aromatic carbocycles. The van der Waals surface area contributed by atoms with Crippen molar-refractivity contribution in [2.45, 2.75) is 18.9 Å². The van der Waals surface area contributed by atoms with Crippen LogP contribution >= 0.6 is 11.3 Å². The molecule has 3 aromatic rings. The number of rotatable bonds is 3. The SMILES string of the molecule is c1csc(-c2cnn3ccc(NC4CCCNC4)nc23)c1. The fourth-order valence-electron chi connectivity index (χ4n) is 2.74. The molecule has 108 valence electrons. The molecular formula is C15H17N5S. The van der Waals surface area contributed by atoms with Gasteiger partial charge in [0.25, 0.3) is 0 Å². The molecule has 0 spiro atoms. The van der Waals surface area contributed by atoms with Crippen molar-refractivity contribution >= 4 is 22.8 Å². The zero-order valence-corrected chi connectivity index (χ0v) is 12.4. The lowest BCUT2D eigenvalue weighted by Gasteiger charge is -2.24. The maximum absolute atomic E-state index is 4.75. The number of nitrogens with one attached hydrogen (secondary N) is 2. The highest BCUT2D eigenvalue weighted by molar-refractivity contribution is 7.13. The molecule has 0 saturated carbocycles. The number of hydrogen-bond donors (Lipinski definition) is 2. The van der Waals surface area contributed by atoms with Crippen molar-refractivity contribution in [1.29, 1.82) is 0 Å². The van der Waals surface area contributed by atoms with Crippen molar-refractivity contribution in [2.75, 3.05) is 18.4 Å². The molecule has 21 heavy (non-hydrogen) atoms. The van der Waals surface area contributed by atoms with Crippen LogP contribution in [-0.2, 0) is 0 Å². The van der Waals surface area contributed by atoms with E-state index in [-0.39, 0.29) is 0 Å². The third-order valence-corrected chi connectivity index (χ3v) is 4.71. The summed E-state index contributed by atoms with van der Waals surface area (Å²) in [5.41, 5.74) is 2.00. The molecule has 6 heteroatoms. The smallest absolute Gasteiger partial charge is 0.165 e. The highest BCUT2D eigenvalue weighted by atomic mass is 32.1. The van der Waals surface area contributed by atoms with E-state index in [9.17, 15) is 0 Å². The van der Waals surface area contributed by atoms with Gasteiger partial charge in [-0.3, -0.25) is 0 Å². The molecule has 1 aliphatic heterocycles. The second kappa shape index (κ2) is 5.46.